The minimum atomic E-state index is -6.54. The molecule has 34 heavy (non-hydrogen) atoms. The van der Waals surface area contributed by atoms with Crippen molar-refractivity contribution in [1.29, 1.82) is 0 Å². The Bertz CT molecular complexity index is 658. The molecule has 1 rings (SSSR count). The topological polar surface area (TPSA) is 27.7 Å². The van der Waals surface area contributed by atoms with Crippen molar-refractivity contribution in [2.45, 2.75) is 67.0 Å². The van der Waals surface area contributed by atoms with Gasteiger partial charge in [-0.05, 0) is 0 Å². The summed E-state index contributed by atoms with van der Waals surface area (Å²) in [5.41, 5.74) is 0. The third-order valence-electron chi connectivity index (χ3n) is 4.21. The van der Waals surface area contributed by atoms with Crippen molar-refractivity contribution in [2.24, 2.45) is 0 Å². The average molecular weight is 550 g/mol. The summed E-state index contributed by atoms with van der Waals surface area (Å²) in [6.07, 6.45) is -23.4. The molecule has 0 radical (unpaired) electrons. The summed E-state index contributed by atoms with van der Waals surface area (Å²) in [4.78, 5) is 0. The van der Waals surface area contributed by atoms with Crippen LogP contribution in [0.25, 0.3) is 0 Å². The number of alkyl halides is 17. The maximum atomic E-state index is 14.6. The highest BCUT2D eigenvalue weighted by Crippen LogP contribution is 2.59. The van der Waals surface area contributed by atoms with Crippen molar-refractivity contribution < 1.29 is 88.8 Å². The van der Waals surface area contributed by atoms with Crippen LogP contribution in [0, 0.1) is 0 Å². The van der Waals surface area contributed by atoms with Gasteiger partial charge in [-0.3, -0.25) is 0 Å². The average Bonchev–Trinajstić information content (AvgIpc) is 2.77. The van der Waals surface area contributed by atoms with Crippen LogP contribution in [0.2, 0.25) is 0 Å². The lowest BCUT2D eigenvalue weighted by molar-refractivity contribution is -0.392. The van der Waals surface area contributed by atoms with Gasteiger partial charge in [0.15, 0.2) is 12.3 Å². The first-order valence-corrected chi connectivity index (χ1v) is 8.26. The highest BCUT2D eigenvalue weighted by Gasteiger charge is 2.87. The summed E-state index contributed by atoms with van der Waals surface area (Å²) in [5, 5.41) is 0. The monoisotopic (exact) mass is 550 g/mol. The third-order valence-corrected chi connectivity index (χ3v) is 4.21. The predicted octanol–water partition coefficient (Wildman–Crippen LogP) is 5.42. The van der Waals surface area contributed by atoms with Crippen molar-refractivity contribution in [3.8, 4) is 0 Å². The molecule has 0 heterocycles. The number of hydrogen-bond donors (Lipinski definition) is 0. The predicted molar refractivity (Wildman–Crippen MR) is 72.0 cm³/mol. The minimum absolute atomic E-state index is 2.93. The van der Waals surface area contributed by atoms with Gasteiger partial charge in [-0.2, -0.15) is 43.9 Å². The van der Waals surface area contributed by atoms with E-state index in [0.717, 1.165) is 0 Å². The van der Waals surface area contributed by atoms with E-state index in [4.69, 9.17) is 0 Å². The van der Waals surface area contributed by atoms with Gasteiger partial charge in [0, 0.05) is 0 Å². The number of hydrogen-bond acceptors (Lipinski definition) is 3. The Morgan fingerprint density at radius 3 is 1.26 bits per heavy atom. The molecule has 0 aromatic rings. The SMILES string of the molecule is FC(F)C(F)(F)CO[C@@H]1[C@H](F)C(OCC(F)(F)C(F)F)(OCC(F)(F)C(F)F)C(F)(F)C1(F)F. The Labute approximate surface area is 177 Å². The van der Waals surface area contributed by atoms with Gasteiger partial charge in [-0.15, -0.1) is 0 Å². The second-order valence-corrected chi connectivity index (χ2v) is 6.76. The van der Waals surface area contributed by atoms with E-state index >= 15 is 0 Å². The van der Waals surface area contributed by atoms with Crippen LogP contribution in [0.3, 0.4) is 0 Å². The van der Waals surface area contributed by atoms with E-state index in [-0.39, 0.29) is 0 Å². The molecule has 1 saturated carbocycles. The first-order chi connectivity index (χ1) is 15.0. The molecular weight excluding hydrogens is 539 g/mol. The van der Waals surface area contributed by atoms with E-state index < -0.39 is 86.8 Å². The quantitative estimate of drug-likeness (QED) is 0.240. The molecule has 1 fully saturated rings. The summed E-state index contributed by atoms with van der Waals surface area (Å²) >= 11 is 0. The first-order valence-electron chi connectivity index (χ1n) is 8.26. The van der Waals surface area contributed by atoms with E-state index in [2.05, 4.69) is 14.2 Å². The van der Waals surface area contributed by atoms with Crippen LogP contribution >= 0.6 is 0 Å². The lowest BCUT2D eigenvalue weighted by Crippen LogP contribution is -2.60. The molecule has 20 heteroatoms. The van der Waals surface area contributed by atoms with Gasteiger partial charge >= 0.3 is 48.9 Å². The van der Waals surface area contributed by atoms with Crippen molar-refractivity contribution in [3.63, 3.8) is 0 Å². The molecule has 0 unspecified atom stereocenters. The van der Waals surface area contributed by atoms with Gasteiger partial charge in [0.2, 0.25) is 0 Å². The van der Waals surface area contributed by atoms with Crippen molar-refractivity contribution >= 4 is 0 Å². The maximum absolute atomic E-state index is 14.6. The zero-order valence-corrected chi connectivity index (χ0v) is 15.7. The van der Waals surface area contributed by atoms with Gasteiger partial charge in [0.05, 0.1) is 0 Å². The summed E-state index contributed by atoms with van der Waals surface area (Å²) in [5.74, 6) is -34.9. The number of ether oxygens (including phenoxy) is 3. The fourth-order valence-corrected chi connectivity index (χ4v) is 2.34. The molecule has 0 aromatic heterocycles. The molecule has 0 amide bonds. The highest BCUT2D eigenvalue weighted by atomic mass is 19.3. The first kappa shape index (κ1) is 30.7. The normalized spacial score (nSPS) is 25.1. The van der Waals surface area contributed by atoms with Crippen LogP contribution in [0.5, 0.6) is 0 Å². The molecule has 204 valence electrons. The fraction of sp³-hybridized carbons (Fsp3) is 1.00. The molecule has 2 atom stereocenters. The van der Waals surface area contributed by atoms with E-state index in [1.54, 1.807) is 0 Å². The Balaban J connectivity index is 3.48. The van der Waals surface area contributed by atoms with Gasteiger partial charge in [0.1, 0.15) is 19.8 Å². The zero-order chi connectivity index (χ0) is 27.1. The largest absolute Gasteiger partial charge is 0.368 e. The summed E-state index contributed by atoms with van der Waals surface area (Å²) in [7, 11) is 0. The molecule has 3 nitrogen and oxygen atoms in total. The van der Waals surface area contributed by atoms with Crippen molar-refractivity contribution in [3.05, 3.63) is 0 Å². The van der Waals surface area contributed by atoms with E-state index in [0.29, 0.717) is 0 Å². The van der Waals surface area contributed by atoms with Gasteiger partial charge in [-0.1, -0.05) is 0 Å². The Kier molecular flexibility index (Phi) is 8.70. The summed E-state index contributed by atoms with van der Waals surface area (Å²) < 4.78 is 233. The number of halogens is 17. The molecular formula is C14H11F17O3. The second kappa shape index (κ2) is 9.62. The molecule has 1 aliphatic rings. The minimum Gasteiger partial charge on any atom is -0.362 e. The fourth-order valence-electron chi connectivity index (χ4n) is 2.34. The van der Waals surface area contributed by atoms with Crippen molar-refractivity contribution in [2.75, 3.05) is 19.8 Å². The molecule has 0 aliphatic heterocycles. The van der Waals surface area contributed by atoms with Crippen LogP contribution in [-0.4, -0.2) is 86.8 Å². The lowest BCUT2D eigenvalue weighted by Gasteiger charge is -2.37. The Morgan fingerprint density at radius 1 is 0.618 bits per heavy atom. The third kappa shape index (κ3) is 5.41. The van der Waals surface area contributed by atoms with Gasteiger partial charge in [0.25, 0.3) is 5.79 Å². The van der Waals surface area contributed by atoms with Crippen LogP contribution in [-0.2, 0) is 14.2 Å². The van der Waals surface area contributed by atoms with Gasteiger partial charge < -0.3 is 14.2 Å². The molecule has 0 spiro atoms. The van der Waals surface area contributed by atoms with Crippen molar-refractivity contribution in [1.82, 2.24) is 0 Å². The van der Waals surface area contributed by atoms with Crippen LogP contribution in [0.15, 0.2) is 0 Å². The smallest absolute Gasteiger partial charge is 0.362 e. The summed E-state index contributed by atoms with van der Waals surface area (Å²) in [6.45, 7) is -9.27. The molecule has 0 saturated heterocycles. The molecule has 1 aliphatic carbocycles. The maximum Gasteiger partial charge on any atom is 0.368 e. The Hall–Kier alpha value is -1.31. The van der Waals surface area contributed by atoms with E-state index in [9.17, 15) is 74.6 Å². The molecule has 0 bridgehead atoms. The summed E-state index contributed by atoms with van der Waals surface area (Å²) in [6, 6.07) is 0. The van der Waals surface area contributed by atoms with Crippen LogP contribution in [0.1, 0.15) is 0 Å². The van der Waals surface area contributed by atoms with E-state index in [1.165, 1.54) is 0 Å². The van der Waals surface area contributed by atoms with Crippen LogP contribution < -0.4 is 0 Å². The van der Waals surface area contributed by atoms with Gasteiger partial charge in [-0.25, -0.2) is 30.7 Å². The molecule has 0 aromatic carbocycles. The highest BCUT2D eigenvalue weighted by molar-refractivity contribution is 5.17. The zero-order valence-electron chi connectivity index (χ0n) is 15.7. The standard InChI is InChI=1S/C14H11F17O3/c15-4-5(32-1-9(22,23)6(16)17)12(28,29)14(30,31)13(4,33-2-10(24,25)7(18)19)34-3-11(26,27)8(20)21/h4-8H,1-3H2/t4-,5+/m0/s1. The lowest BCUT2D eigenvalue weighted by atomic mass is 10.1. The van der Waals surface area contributed by atoms with Crippen LogP contribution in [0.4, 0.5) is 74.6 Å². The second-order valence-electron chi connectivity index (χ2n) is 6.76. The van der Waals surface area contributed by atoms with E-state index in [1.807, 2.05) is 0 Å². The number of rotatable bonds is 12. The molecule has 0 N–H and O–H groups in total. The Morgan fingerprint density at radius 2 is 0.941 bits per heavy atom.